The van der Waals surface area contributed by atoms with Crippen LogP contribution < -0.4 is 5.32 Å². The Morgan fingerprint density at radius 2 is 2.44 bits per heavy atom. The van der Waals surface area contributed by atoms with Gasteiger partial charge in [-0.2, -0.15) is 0 Å². The van der Waals surface area contributed by atoms with E-state index in [-0.39, 0.29) is 17.2 Å². The van der Waals surface area contributed by atoms with E-state index in [1.807, 2.05) is 12.5 Å². The first-order valence-electron chi connectivity index (χ1n) is 6.59. The molecule has 5 heteroatoms. The average molecular weight is 249 g/mol. The van der Waals surface area contributed by atoms with Crippen molar-refractivity contribution in [2.45, 2.75) is 25.8 Å². The molecule has 98 valence electrons. The van der Waals surface area contributed by atoms with Gasteiger partial charge in [-0.3, -0.25) is 4.79 Å². The summed E-state index contributed by atoms with van der Waals surface area (Å²) in [5.74, 6) is 0.221. The Hall–Kier alpha value is -1.36. The van der Waals surface area contributed by atoms with E-state index in [0.717, 1.165) is 26.1 Å². The second kappa shape index (κ2) is 4.72. The van der Waals surface area contributed by atoms with Gasteiger partial charge < -0.3 is 14.6 Å². The summed E-state index contributed by atoms with van der Waals surface area (Å²) < 4.78 is 7.33. The standard InChI is InChI=1S/C13H19N3O2/c17-12(11-1-6-18-7-11)15-8-13(2-3-13)9-16-5-4-14-10-16/h4-5,10-11H,1-3,6-9H2,(H,15,17). The molecule has 18 heavy (non-hydrogen) atoms. The number of aromatic nitrogens is 2. The van der Waals surface area contributed by atoms with Crippen LogP contribution in [0.5, 0.6) is 0 Å². The number of ether oxygens (including phenoxy) is 1. The molecule has 0 bridgehead atoms. The normalized spacial score (nSPS) is 25.0. The summed E-state index contributed by atoms with van der Waals surface area (Å²) in [6.45, 7) is 3.04. The van der Waals surface area contributed by atoms with E-state index in [4.69, 9.17) is 4.74 Å². The Morgan fingerprint density at radius 1 is 1.56 bits per heavy atom. The van der Waals surface area contributed by atoms with Crippen LogP contribution >= 0.6 is 0 Å². The van der Waals surface area contributed by atoms with Gasteiger partial charge in [-0.1, -0.05) is 0 Å². The zero-order chi connectivity index (χ0) is 12.4. The number of rotatable bonds is 5. The third-order valence-corrected chi connectivity index (χ3v) is 3.97. The summed E-state index contributed by atoms with van der Waals surface area (Å²) in [5.41, 5.74) is 0.260. The molecule has 2 fully saturated rings. The van der Waals surface area contributed by atoms with Gasteiger partial charge in [0.2, 0.25) is 5.91 Å². The highest BCUT2D eigenvalue weighted by Crippen LogP contribution is 2.46. The van der Waals surface area contributed by atoms with Gasteiger partial charge in [-0.25, -0.2) is 4.98 Å². The van der Waals surface area contributed by atoms with Gasteiger partial charge in [0.25, 0.3) is 0 Å². The van der Waals surface area contributed by atoms with Gasteiger partial charge in [-0.15, -0.1) is 0 Å². The van der Waals surface area contributed by atoms with Crippen molar-refractivity contribution in [1.29, 1.82) is 0 Å². The molecular formula is C13H19N3O2. The molecule has 1 unspecified atom stereocenters. The van der Waals surface area contributed by atoms with Crippen LogP contribution in [0.3, 0.4) is 0 Å². The zero-order valence-electron chi connectivity index (χ0n) is 10.5. The number of carbonyl (C=O) groups is 1. The molecule has 1 aromatic heterocycles. The minimum Gasteiger partial charge on any atom is -0.381 e. The highest BCUT2D eigenvalue weighted by Gasteiger charge is 2.43. The Kier molecular flexibility index (Phi) is 3.07. The van der Waals surface area contributed by atoms with Crippen molar-refractivity contribution >= 4 is 5.91 Å². The summed E-state index contributed by atoms with van der Waals surface area (Å²) in [7, 11) is 0. The lowest BCUT2D eigenvalue weighted by atomic mass is 10.1. The first-order valence-corrected chi connectivity index (χ1v) is 6.59. The summed E-state index contributed by atoms with van der Waals surface area (Å²) >= 11 is 0. The lowest BCUT2D eigenvalue weighted by molar-refractivity contribution is -0.125. The first-order chi connectivity index (χ1) is 8.77. The molecule has 1 aliphatic heterocycles. The second-order valence-corrected chi connectivity index (χ2v) is 5.51. The minimum absolute atomic E-state index is 0.0639. The van der Waals surface area contributed by atoms with Crippen LogP contribution in [0.2, 0.25) is 0 Å². The SMILES string of the molecule is O=C(NCC1(Cn2ccnc2)CC1)C1CCOC1. The fraction of sp³-hybridized carbons (Fsp3) is 0.692. The number of imidazole rings is 1. The van der Waals surface area contributed by atoms with E-state index in [0.29, 0.717) is 6.61 Å². The van der Waals surface area contributed by atoms with Crippen molar-refractivity contribution in [3.63, 3.8) is 0 Å². The maximum absolute atomic E-state index is 11.9. The number of carbonyl (C=O) groups excluding carboxylic acids is 1. The van der Waals surface area contributed by atoms with Crippen LogP contribution in [0.4, 0.5) is 0 Å². The third-order valence-electron chi connectivity index (χ3n) is 3.97. The molecule has 1 N–H and O–H groups in total. The van der Waals surface area contributed by atoms with Gasteiger partial charge >= 0.3 is 0 Å². The lowest BCUT2D eigenvalue weighted by Crippen LogP contribution is -2.36. The molecule has 3 rings (SSSR count). The second-order valence-electron chi connectivity index (χ2n) is 5.51. The predicted octanol–water partition coefficient (Wildman–Crippen LogP) is 0.816. The summed E-state index contributed by atoms with van der Waals surface area (Å²) in [6.07, 6.45) is 8.85. The summed E-state index contributed by atoms with van der Waals surface area (Å²) in [4.78, 5) is 16.0. The largest absolute Gasteiger partial charge is 0.381 e. The Labute approximate surface area is 107 Å². The molecule has 2 heterocycles. The zero-order valence-corrected chi connectivity index (χ0v) is 10.5. The van der Waals surface area contributed by atoms with Crippen molar-refractivity contribution < 1.29 is 9.53 Å². The molecule has 1 amide bonds. The molecule has 1 aromatic rings. The predicted molar refractivity (Wildman–Crippen MR) is 65.8 cm³/mol. The van der Waals surface area contributed by atoms with E-state index < -0.39 is 0 Å². The maximum Gasteiger partial charge on any atom is 0.225 e. The number of hydrogen-bond acceptors (Lipinski definition) is 3. The smallest absolute Gasteiger partial charge is 0.225 e. The fourth-order valence-electron chi connectivity index (χ4n) is 2.50. The topological polar surface area (TPSA) is 56.2 Å². The van der Waals surface area contributed by atoms with Crippen molar-refractivity contribution in [1.82, 2.24) is 14.9 Å². The lowest BCUT2D eigenvalue weighted by Gasteiger charge is -2.18. The quantitative estimate of drug-likeness (QED) is 0.840. The van der Waals surface area contributed by atoms with Gasteiger partial charge in [0, 0.05) is 37.5 Å². The minimum atomic E-state index is 0.0639. The molecule has 1 saturated heterocycles. The van der Waals surface area contributed by atoms with Crippen LogP contribution in [-0.4, -0.2) is 35.2 Å². The first kappa shape index (κ1) is 11.7. The van der Waals surface area contributed by atoms with Crippen LogP contribution in [-0.2, 0) is 16.1 Å². The van der Waals surface area contributed by atoms with E-state index in [9.17, 15) is 4.79 Å². The highest BCUT2D eigenvalue weighted by molar-refractivity contribution is 5.79. The van der Waals surface area contributed by atoms with Gasteiger partial charge in [0.1, 0.15) is 0 Å². The molecule has 2 aliphatic rings. The van der Waals surface area contributed by atoms with E-state index in [1.165, 1.54) is 12.8 Å². The molecule has 5 nitrogen and oxygen atoms in total. The molecule has 1 atom stereocenters. The third kappa shape index (κ3) is 2.56. The van der Waals surface area contributed by atoms with E-state index in [2.05, 4.69) is 14.9 Å². The molecule has 0 radical (unpaired) electrons. The molecule has 1 saturated carbocycles. The van der Waals surface area contributed by atoms with Gasteiger partial charge in [0.15, 0.2) is 0 Å². The molecule has 1 aliphatic carbocycles. The molecular weight excluding hydrogens is 230 g/mol. The number of hydrogen-bond donors (Lipinski definition) is 1. The Bertz CT molecular complexity index is 406. The van der Waals surface area contributed by atoms with Crippen molar-refractivity contribution in [3.05, 3.63) is 18.7 Å². The summed E-state index contributed by atoms with van der Waals surface area (Å²) in [6, 6.07) is 0. The molecule has 0 spiro atoms. The summed E-state index contributed by atoms with van der Waals surface area (Å²) in [5, 5.41) is 3.09. The number of amides is 1. The monoisotopic (exact) mass is 249 g/mol. The number of nitrogens with one attached hydrogen (secondary N) is 1. The van der Waals surface area contributed by atoms with Crippen LogP contribution in [0.1, 0.15) is 19.3 Å². The van der Waals surface area contributed by atoms with E-state index in [1.54, 1.807) is 6.20 Å². The Balaban J connectivity index is 1.49. The van der Waals surface area contributed by atoms with Crippen molar-refractivity contribution in [2.75, 3.05) is 19.8 Å². The van der Waals surface area contributed by atoms with Crippen LogP contribution in [0.15, 0.2) is 18.7 Å². The molecule has 0 aromatic carbocycles. The Morgan fingerprint density at radius 3 is 3.06 bits per heavy atom. The highest BCUT2D eigenvalue weighted by atomic mass is 16.5. The van der Waals surface area contributed by atoms with Crippen molar-refractivity contribution in [2.24, 2.45) is 11.3 Å². The van der Waals surface area contributed by atoms with Crippen LogP contribution in [0.25, 0.3) is 0 Å². The fourth-order valence-corrected chi connectivity index (χ4v) is 2.50. The van der Waals surface area contributed by atoms with Gasteiger partial charge in [0.05, 0.1) is 18.9 Å². The van der Waals surface area contributed by atoms with Crippen molar-refractivity contribution in [3.8, 4) is 0 Å². The number of nitrogens with zero attached hydrogens (tertiary/aromatic N) is 2. The van der Waals surface area contributed by atoms with E-state index >= 15 is 0 Å². The average Bonchev–Trinajstić information content (AvgIpc) is 2.84. The van der Waals surface area contributed by atoms with Gasteiger partial charge in [-0.05, 0) is 19.3 Å². The van der Waals surface area contributed by atoms with Crippen LogP contribution in [0, 0.1) is 11.3 Å². The maximum atomic E-state index is 11.9.